The second-order valence-electron chi connectivity index (χ2n) is 7.95. The van der Waals surface area contributed by atoms with Crippen LogP contribution in [0.3, 0.4) is 0 Å². The normalized spacial score (nSPS) is 13.2. The van der Waals surface area contributed by atoms with E-state index >= 15 is 0 Å². The van der Waals surface area contributed by atoms with Gasteiger partial charge in [-0.1, -0.05) is 62.4 Å². The van der Waals surface area contributed by atoms with E-state index in [1.807, 2.05) is 50.2 Å². The average Bonchev–Trinajstić information content (AvgIpc) is 3.08. The monoisotopic (exact) mass is 424 g/mol. The Hall–Kier alpha value is -3.35. The quantitative estimate of drug-likeness (QED) is 0.635. The molecule has 164 valence electrons. The predicted octanol–water partition coefficient (Wildman–Crippen LogP) is 3.23. The molecule has 1 atom stereocenters. The van der Waals surface area contributed by atoms with Crippen LogP contribution in [0, 0.1) is 5.92 Å². The standard InChI is InChI=1S/C24H28N2O5/c1-15(2)12-21(23(28)30-3)26-22(27)13-25-24(29)31-14-20-18-10-6-4-8-16(18)17-9-5-7-11-19(17)20/h4-11,15,20-21H,12-14H2,1-3H3,(H,25,29)(H,26,27)/t21-/m0/s1. The summed E-state index contributed by atoms with van der Waals surface area (Å²) in [6, 6.07) is 15.4. The van der Waals surface area contributed by atoms with Crippen LogP contribution in [0.25, 0.3) is 11.1 Å². The Morgan fingerprint density at radius 3 is 2.10 bits per heavy atom. The van der Waals surface area contributed by atoms with Crippen LogP contribution >= 0.6 is 0 Å². The van der Waals surface area contributed by atoms with E-state index in [-0.39, 0.29) is 25.0 Å². The number of rotatable bonds is 8. The van der Waals surface area contributed by atoms with Crippen LogP contribution in [0.5, 0.6) is 0 Å². The third kappa shape index (κ3) is 5.42. The zero-order valence-electron chi connectivity index (χ0n) is 18.0. The van der Waals surface area contributed by atoms with Crippen LogP contribution in [-0.4, -0.2) is 44.3 Å². The summed E-state index contributed by atoms with van der Waals surface area (Å²) < 4.78 is 10.1. The molecule has 1 aliphatic carbocycles. The fourth-order valence-electron chi connectivity index (χ4n) is 3.87. The number of fused-ring (bicyclic) bond motifs is 3. The number of hydrogen-bond acceptors (Lipinski definition) is 5. The lowest BCUT2D eigenvalue weighted by Gasteiger charge is -2.18. The number of methoxy groups -OCH3 is 1. The molecule has 1 aliphatic rings. The van der Waals surface area contributed by atoms with Gasteiger partial charge >= 0.3 is 12.1 Å². The van der Waals surface area contributed by atoms with E-state index < -0.39 is 24.0 Å². The van der Waals surface area contributed by atoms with Crippen LogP contribution in [0.4, 0.5) is 4.79 Å². The van der Waals surface area contributed by atoms with E-state index in [0.29, 0.717) is 6.42 Å². The number of carbonyl (C=O) groups excluding carboxylic acids is 3. The van der Waals surface area contributed by atoms with Gasteiger partial charge in [-0.2, -0.15) is 0 Å². The molecule has 0 heterocycles. The van der Waals surface area contributed by atoms with Crippen molar-refractivity contribution in [3.05, 3.63) is 59.7 Å². The summed E-state index contributed by atoms with van der Waals surface area (Å²) in [5.41, 5.74) is 4.52. The largest absolute Gasteiger partial charge is 0.467 e. The zero-order valence-corrected chi connectivity index (χ0v) is 18.0. The first kappa shape index (κ1) is 22.3. The zero-order chi connectivity index (χ0) is 22.4. The number of alkyl carbamates (subject to hydrolysis) is 1. The van der Waals surface area contributed by atoms with Crippen molar-refractivity contribution in [1.82, 2.24) is 10.6 Å². The molecule has 2 aromatic carbocycles. The van der Waals surface area contributed by atoms with Crippen molar-refractivity contribution < 1.29 is 23.9 Å². The van der Waals surface area contributed by atoms with Crippen molar-refractivity contribution in [1.29, 1.82) is 0 Å². The van der Waals surface area contributed by atoms with E-state index in [9.17, 15) is 14.4 Å². The maximum atomic E-state index is 12.2. The third-order valence-electron chi connectivity index (χ3n) is 5.26. The molecule has 31 heavy (non-hydrogen) atoms. The van der Waals surface area contributed by atoms with Crippen molar-refractivity contribution in [2.45, 2.75) is 32.2 Å². The number of amides is 2. The Balaban J connectivity index is 1.53. The van der Waals surface area contributed by atoms with Gasteiger partial charge in [0, 0.05) is 5.92 Å². The highest BCUT2D eigenvalue weighted by Gasteiger charge is 2.29. The summed E-state index contributed by atoms with van der Waals surface area (Å²) in [5, 5.41) is 5.04. The molecule has 2 aromatic rings. The highest BCUT2D eigenvalue weighted by Crippen LogP contribution is 2.44. The number of hydrogen-bond donors (Lipinski definition) is 2. The first-order valence-corrected chi connectivity index (χ1v) is 10.4. The Bertz CT molecular complexity index is 911. The van der Waals surface area contributed by atoms with Gasteiger partial charge in [0.15, 0.2) is 0 Å². The second-order valence-corrected chi connectivity index (χ2v) is 7.95. The molecule has 2 N–H and O–H groups in total. The molecule has 0 radical (unpaired) electrons. The minimum absolute atomic E-state index is 0.0540. The summed E-state index contributed by atoms with van der Waals surface area (Å²) in [5.74, 6) is -0.853. The van der Waals surface area contributed by atoms with Gasteiger partial charge < -0.3 is 20.1 Å². The van der Waals surface area contributed by atoms with Gasteiger partial charge in [0.2, 0.25) is 5.91 Å². The van der Waals surface area contributed by atoms with Gasteiger partial charge in [0.05, 0.1) is 7.11 Å². The second kappa shape index (κ2) is 10.1. The van der Waals surface area contributed by atoms with Gasteiger partial charge in [-0.3, -0.25) is 4.79 Å². The number of ether oxygens (including phenoxy) is 2. The van der Waals surface area contributed by atoms with Crippen LogP contribution in [0.2, 0.25) is 0 Å². The highest BCUT2D eigenvalue weighted by atomic mass is 16.5. The fourth-order valence-corrected chi connectivity index (χ4v) is 3.87. The van der Waals surface area contributed by atoms with E-state index in [1.165, 1.54) is 7.11 Å². The Kier molecular flexibility index (Phi) is 7.28. The molecule has 3 rings (SSSR count). The maximum absolute atomic E-state index is 12.2. The molecule has 0 spiro atoms. The van der Waals surface area contributed by atoms with Crippen LogP contribution in [0.1, 0.15) is 37.3 Å². The summed E-state index contributed by atoms with van der Waals surface area (Å²) >= 11 is 0. The third-order valence-corrected chi connectivity index (χ3v) is 5.26. The molecule has 0 fully saturated rings. The van der Waals surface area contributed by atoms with E-state index in [4.69, 9.17) is 9.47 Å². The molecule has 0 saturated carbocycles. The van der Waals surface area contributed by atoms with E-state index in [2.05, 4.69) is 22.8 Å². The molecule has 0 saturated heterocycles. The van der Waals surface area contributed by atoms with Crippen LogP contribution < -0.4 is 10.6 Å². The number of benzene rings is 2. The summed E-state index contributed by atoms with van der Waals surface area (Å²) in [6.45, 7) is 3.76. The molecular formula is C24H28N2O5. The number of esters is 1. The van der Waals surface area contributed by atoms with Gasteiger partial charge in [0.25, 0.3) is 0 Å². The van der Waals surface area contributed by atoms with Gasteiger partial charge in [-0.05, 0) is 34.6 Å². The lowest BCUT2D eigenvalue weighted by Crippen LogP contribution is -2.46. The number of carbonyl (C=O) groups is 3. The smallest absolute Gasteiger partial charge is 0.407 e. The molecule has 7 heteroatoms. The molecule has 7 nitrogen and oxygen atoms in total. The van der Waals surface area contributed by atoms with Gasteiger partial charge in [0.1, 0.15) is 19.2 Å². The Labute approximate surface area is 182 Å². The number of nitrogens with one attached hydrogen (secondary N) is 2. The predicted molar refractivity (Wildman–Crippen MR) is 116 cm³/mol. The molecule has 0 bridgehead atoms. The average molecular weight is 424 g/mol. The van der Waals surface area contributed by atoms with Crippen molar-refractivity contribution in [3.63, 3.8) is 0 Å². The lowest BCUT2D eigenvalue weighted by atomic mass is 9.98. The van der Waals surface area contributed by atoms with Crippen molar-refractivity contribution in [3.8, 4) is 11.1 Å². The molecule has 0 unspecified atom stereocenters. The van der Waals surface area contributed by atoms with Crippen LogP contribution in [0.15, 0.2) is 48.5 Å². The van der Waals surface area contributed by atoms with E-state index in [0.717, 1.165) is 22.3 Å². The SMILES string of the molecule is COC(=O)[C@H](CC(C)C)NC(=O)CNC(=O)OCC1c2ccccc2-c2ccccc21. The fraction of sp³-hybridized carbons (Fsp3) is 0.375. The molecular weight excluding hydrogens is 396 g/mol. The summed E-state index contributed by atoms with van der Waals surface area (Å²) in [4.78, 5) is 36.2. The van der Waals surface area contributed by atoms with Crippen molar-refractivity contribution in [2.75, 3.05) is 20.3 Å². The van der Waals surface area contributed by atoms with Crippen LogP contribution in [-0.2, 0) is 19.1 Å². The molecule has 0 aromatic heterocycles. The molecule has 2 amide bonds. The van der Waals surface area contributed by atoms with Crippen molar-refractivity contribution in [2.24, 2.45) is 5.92 Å². The Morgan fingerprint density at radius 2 is 1.55 bits per heavy atom. The lowest BCUT2D eigenvalue weighted by molar-refractivity contribution is -0.145. The minimum atomic E-state index is -0.748. The first-order chi connectivity index (χ1) is 14.9. The summed E-state index contributed by atoms with van der Waals surface area (Å²) in [7, 11) is 1.27. The minimum Gasteiger partial charge on any atom is -0.467 e. The molecule has 0 aliphatic heterocycles. The van der Waals surface area contributed by atoms with Gasteiger partial charge in [-0.25, -0.2) is 9.59 Å². The maximum Gasteiger partial charge on any atom is 0.407 e. The van der Waals surface area contributed by atoms with Gasteiger partial charge in [-0.15, -0.1) is 0 Å². The topological polar surface area (TPSA) is 93.7 Å². The van der Waals surface area contributed by atoms with E-state index in [1.54, 1.807) is 0 Å². The van der Waals surface area contributed by atoms with Crippen molar-refractivity contribution >= 4 is 18.0 Å². The highest BCUT2D eigenvalue weighted by molar-refractivity contribution is 5.87. The Morgan fingerprint density at radius 1 is 0.968 bits per heavy atom. The first-order valence-electron chi connectivity index (χ1n) is 10.4. The summed E-state index contributed by atoms with van der Waals surface area (Å²) in [6.07, 6.45) is -0.237.